The van der Waals surface area contributed by atoms with Crippen molar-refractivity contribution in [3.63, 3.8) is 0 Å². The molecule has 3 nitrogen and oxygen atoms in total. The van der Waals surface area contributed by atoms with E-state index in [0.717, 1.165) is 0 Å². The summed E-state index contributed by atoms with van der Waals surface area (Å²) in [6.07, 6.45) is 4.86. The fourth-order valence-electron chi connectivity index (χ4n) is 1.45. The van der Waals surface area contributed by atoms with E-state index >= 15 is 0 Å². The van der Waals surface area contributed by atoms with Gasteiger partial charge < -0.3 is 10.6 Å². The van der Waals surface area contributed by atoms with Gasteiger partial charge in [-0.1, -0.05) is 12.8 Å². The Bertz CT molecular complexity index is 187. The second-order valence-electron chi connectivity index (χ2n) is 3.14. The van der Waals surface area contributed by atoms with E-state index in [4.69, 9.17) is 12.2 Å². The molecule has 0 radical (unpaired) electrons. The van der Waals surface area contributed by atoms with Crippen LogP contribution in [0.4, 0.5) is 0 Å². The number of rotatable bonds is 1. The number of amides is 1. The summed E-state index contributed by atoms with van der Waals surface area (Å²) in [6.45, 7) is 1.46. The first kappa shape index (κ1) is 9.45. The zero-order valence-electron chi connectivity index (χ0n) is 7.22. The summed E-state index contributed by atoms with van der Waals surface area (Å²) in [5.74, 6) is -0.106. The molecule has 68 valence electrons. The van der Waals surface area contributed by atoms with Crippen LogP contribution in [-0.2, 0) is 4.79 Å². The van der Waals surface area contributed by atoms with E-state index in [-0.39, 0.29) is 5.91 Å². The van der Waals surface area contributed by atoms with Crippen LogP contribution in [0.15, 0.2) is 0 Å². The third-order valence-corrected chi connectivity index (χ3v) is 2.20. The highest BCUT2D eigenvalue weighted by Crippen LogP contribution is 2.17. The number of carbonyl (C=O) groups is 1. The maximum Gasteiger partial charge on any atom is 0.222 e. The number of hydrogen-bond donors (Lipinski definition) is 2. The summed E-state index contributed by atoms with van der Waals surface area (Å²) in [4.78, 5) is 10.6. The summed E-state index contributed by atoms with van der Waals surface area (Å²) in [7, 11) is 0. The van der Waals surface area contributed by atoms with Gasteiger partial charge in [-0.25, -0.2) is 0 Å². The van der Waals surface area contributed by atoms with Gasteiger partial charge in [0.25, 0.3) is 0 Å². The summed E-state index contributed by atoms with van der Waals surface area (Å²) in [6, 6.07) is 0.476. The quantitative estimate of drug-likeness (QED) is 0.599. The molecule has 0 atom stereocenters. The van der Waals surface area contributed by atoms with Crippen LogP contribution in [-0.4, -0.2) is 17.1 Å². The zero-order chi connectivity index (χ0) is 8.97. The first-order valence-electron chi connectivity index (χ1n) is 4.26. The monoisotopic (exact) mass is 186 g/mol. The molecule has 2 N–H and O–H groups in total. The lowest BCUT2D eigenvalue weighted by Gasteiger charge is -2.13. The van der Waals surface area contributed by atoms with Crippen molar-refractivity contribution in [2.45, 2.75) is 38.6 Å². The number of hydrogen-bond acceptors (Lipinski definition) is 2. The molecule has 0 spiro atoms. The molecule has 0 aromatic carbocycles. The highest BCUT2D eigenvalue weighted by atomic mass is 32.1. The summed E-state index contributed by atoms with van der Waals surface area (Å²) in [5, 5.41) is 6.13. The highest BCUT2D eigenvalue weighted by Gasteiger charge is 2.15. The first-order chi connectivity index (χ1) is 5.68. The Balaban J connectivity index is 2.20. The van der Waals surface area contributed by atoms with E-state index in [2.05, 4.69) is 10.6 Å². The lowest BCUT2D eigenvalue weighted by Crippen LogP contribution is -2.42. The Labute approximate surface area is 77.9 Å². The van der Waals surface area contributed by atoms with Crippen LogP contribution in [0.2, 0.25) is 0 Å². The molecule has 1 rings (SSSR count). The highest BCUT2D eigenvalue weighted by molar-refractivity contribution is 7.80. The predicted octanol–water partition coefficient (Wildman–Crippen LogP) is 0.940. The summed E-state index contributed by atoms with van der Waals surface area (Å²) >= 11 is 4.92. The van der Waals surface area contributed by atoms with Gasteiger partial charge in [-0.15, -0.1) is 0 Å². The smallest absolute Gasteiger partial charge is 0.222 e. The summed E-state index contributed by atoms with van der Waals surface area (Å²) < 4.78 is 0. The second-order valence-corrected chi connectivity index (χ2v) is 3.54. The molecule has 0 aliphatic heterocycles. The first-order valence-corrected chi connectivity index (χ1v) is 4.67. The molecule has 0 unspecified atom stereocenters. The SMILES string of the molecule is CC(=O)NC(=S)NC1CCCC1. The van der Waals surface area contributed by atoms with Crippen molar-refractivity contribution in [3.05, 3.63) is 0 Å². The minimum Gasteiger partial charge on any atom is -0.360 e. The van der Waals surface area contributed by atoms with Crippen molar-refractivity contribution in [1.29, 1.82) is 0 Å². The van der Waals surface area contributed by atoms with Gasteiger partial charge in [-0.2, -0.15) is 0 Å². The molecule has 1 saturated carbocycles. The minimum atomic E-state index is -0.106. The lowest BCUT2D eigenvalue weighted by atomic mass is 10.3. The van der Waals surface area contributed by atoms with E-state index in [1.165, 1.54) is 32.6 Å². The van der Waals surface area contributed by atoms with Crippen molar-refractivity contribution >= 4 is 23.2 Å². The number of carbonyl (C=O) groups excluding carboxylic acids is 1. The molecule has 0 aromatic heterocycles. The minimum absolute atomic E-state index is 0.106. The molecule has 0 aromatic rings. The Morgan fingerprint density at radius 2 is 2.00 bits per heavy atom. The van der Waals surface area contributed by atoms with Gasteiger partial charge in [0.2, 0.25) is 5.91 Å². The van der Waals surface area contributed by atoms with Gasteiger partial charge in [0.1, 0.15) is 0 Å². The van der Waals surface area contributed by atoms with Gasteiger partial charge in [0.05, 0.1) is 0 Å². The topological polar surface area (TPSA) is 41.1 Å². The average molecular weight is 186 g/mol. The fraction of sp³-hybridized carbons (Fsp3) is 0.750. The molecule has 1 amide bonds. The van der Waals surface area contributed by atoms with Crippen molar-refractivity contribution in [2.75, 3.05) is 0 Å². The Morgan fingerprint density at radius 1 is 1.42 bits per heavy atom. The molecule has 4 heteroatoms. The van der Waals surface area contributed by atoms with Crippen LogP contribution in [0, 0.1) is 0 Å². The van der Waals surface area contributed by atoms with Gasteiger partial charge in [0, 0.05) is 13.0 Å². The van der Waals surface area contributed by atoms with Crippen LogP contribution in [0.25, 0.3) is 0 Å². The van der Waals surface area contributed by atoms with Crippen molar-refractivity contribution in [2.24, 2.45) is 0 Å². The Morgan fingerprint density at radius 3 is 2.50 bits per heavy atom. The van der Waals surface area contributed by atoms with Crippen LogP contribution in [0.1, 0.15) is 32.6 Å². The third-order valence-electron chi connectivity index (χ3n) is 1.98. The lowest BCUT2D eigenvalue weighted by molar-refractivity contribution is -0.117. The van der Waals surface area contributed by atoms with Crippen LogP contribution in [0.3, 0.4) is 0 Å². The van der Waals surface area contributed by atoms with Crippen molar-refractivity contribution < 1.29 is 4.79 Å². The molecule has 1 fully saturated rings. The number of thiocarbonyl (C=S) groups is 1. The molecule has 1 aliphatic carbocycles. The van der Waals surface area contributed by atoms with E-state index in [9.17, 15) is 4.79 Å². The Hall–Kier alpha value is -0.640. The van der Waals surface area contributed by atoms with Gasteiger partial charge >= 0.3 is 0 Å². The molecule has 12 heavy (non-hydrogen) atoms. The Kier molecular flexibility index (Phi) is 3.47. The number of nitrogens with one attached hydrogen (secondary N) is 2. The molecule has 1 aliphatic rings. The van der Waals surface area contributed by atoms with Crippen LogP contribution >= 0.6 is 12.2 Å². The maximum atomic E-state index is 10.6. The normalized spacial score (nSPS) is 17.4. The summed E-state index contributed by atoms with van der Waals surface area (Å²) in [5.41, 5.74) is 0. The van der Waals surface area contributed by atoms with Crippen LogP contribution in [0.5, 0.6) is 0 Å². The molecular formula is C8H14N2OS. The largest absolute Gasteiger partial charge is 0.360 e. The van der Waals surface area contributed by atoms with E-state index < -0.39 is 0 Å². The molecular weight excluding hydrogens is 172 g/mol. The standard InChI is InChI=1S/C8H14N2OS/c1-6(11)9-8(12)10-7-4-2-3-5-7/h7H,2-5H2,1H3,(H2,9,10,11,12). The third kappa shape index (κ3) is 3.17. The zero-order valence-corrected chi connectivity index (χ0v) is 8.04. The van der Waals surface area contributed by atoms with Gasteiger partial charge in [-0.05, 0) is 25.1 Å². The average Bonchev–Trinajstić information content (AvgIpc) is 2.37. The van der Waals surface area contributed by atoms with E-state index in [1.807, 2.05) is 0 Å². The van der Waals surface area contributed by atoms with Crippen LogP contribution < -0.4 is 10.6 Å². The fourth-order valence-corrected chi connectivity index (χ4v) is 1.76. The van der Waals surface area contributed by atoms with E-state index in [0.29, 0.717) is 11.2 Å². The second kappa shape index (κ2) is 4.40. The van der Waals surface area contributed by atoms with Crippen molar-refractivity contribution in [1.82, 2.24) is 10.6 Å². The van der Waals surface area contributed by atoms with Gasteiger partial charge in [0.15, 0.2) is 5.11 Å². The molecule has 0 saturated heterocycles. The maximum absolute atomic E-state index is 10.6. The molecule has 0 bridgehead atoms. The predicted molar refractivity (Wildman–Crippen MR) is 51.8 cm³/mol. The van der Waals surface area contributed by atoms with Gasteiger partial charge in [-0.3, -0.25) is 4.79 Å². The van der Waals surface area contributed by atoms with Crippen molar-refractivity contribution in [3.8, 4) is 0 Å². The van der Waals surface area contributed by atoms with E-state index in [1.54, 1.807) is 0 Å². The molecule has 0 heterocycles.